The zero-order valence-corrected chi connectivity index (χ0v) is 11.1. The maximum atomic E-state index is 12.5. The van der Waals surface area contributed by atoms with Gasteiger partial charge < -0.3 is 11.1 Å². The normalized spacial score (nSPS) is 12.8. The Bertz CT molecular complexity index is 546. The highest BCUT2D eigenvalue weighted by Gasteiger charge is 2.33. The fourth-order valence-electron chi connectivity index (χ4n) is 1.63. The molecule has 0 aliphatic carbocycles. The molecule has 0 unspecified atom stereocenters. The number of rotatable bonds is 5. The summed E-state index contributed by atoms with van der Waals surface area (Å²) in [5.41, 5.74) is 3.23. The van der Waals surface area contributed by atoms with Gasteiger partial charge in [0.05, 0.1) is 16.5 Å². The predicted molar refractivity (Wildman–Crippen MR) is 69.6 cm³/mol. The van der Waals surface area contributed by atoms with Gasteiger partial charge in [-0.15, -0.1) is 0 Å². The van der Waals surface area contributed by atoms with E-state index in [2.05, 4.69) is 5.32 Å². The lowest BCUT2D eigenvalue weighted by atomic mass is 10.1. The molecular formula is C12H14F3N3O3. The molecule has 0 saturated carbocycles. The summed E-state index contributed by atoms with van der Waals surface area (Å²) < 4.78 is 37.6. The Morgan fingerprint density at radius 2 is 2.10 bits per heavy atom. The van der Waals surface area contributed by atoms with Crippen LogP contribution < -0.4 is 11.1 Å². The molecule has 0 bridgehead atoms. The number of hydrogen-bond donors (Lipinski definition) is 2. The first-order valence-electron chi connectivity index (χ1n) is 6.09. The first kappa shape index (κ1) is 16.9. The fourth-order valence-corrected chi connectivity index (χ4v) is 1.63. The van der Waals surface area contributed by atoms with Crippen LogP contribution in [-0.4, -0.2) is 16.9 Å². The van der Waals surface area contributed by atoms with Crippen LogP contribution in [0.25, 0.3) is 0 Å². The van der Waals surface area contributed by atoms with Crippen molar-refractivity contribution in [1.82, 2.24) is 0 Å². The van der Waals surface area contributed by atoms with Crippen LogP contribution in [-0.2, 0) is 11.0 Å². The molecule has 3 N–H and O–H groups in total. The first-order chi connectivity index (χ1) is 9.66. The van der Waals surface area contributed by atoms with Crippen LogP contribution in [0.1, 0.15) is 25.3 Å². The number of nitro benzene ring substituents is 1. The Kier molecular flexibility index (Phi) is 5.25. The van der Waals surface area contributed by atoms with Crippen molar-refractivity contribution in [3.05, 3.63) is 33.9 Å². The molecule has 116 valence electrons. The topological polar surface area (TPSA) is 98.3 Å². The molecule has 6 nitrogen and oxygen atoms in total. The highest BCUT2D eigenvalue weighted by atomic mass is 19.4. The summed E-state index contributed by atoms with van der Waals surface area (Å²) in [4.78, 5) is 21.5. The van der Waals surface area contributed by atoms with Crippen LogP contribution in [0.15, 0.2) is 18.2 Å². The number of amides is 1. The van der Waals surface area contributed by atoms with Gasteiger partial charge in [-0.1, -0.05) is 13.3 Å². The first-order valence-corrected chi connectivity index (χ1v) is 6.09. The molecule has 1 aromatic rings. The molecule has 21 heavy (non-hydrogen) atoms. The zero-order chi connectivity index (χ0) is 16.2. The molecule has 0 heterocycles. The van der Waals surface area contributed by atoms with E-state index < -0.39 is 34.3 Å². The number of carbonyl (C=O) groups is 1. The Balaban J connectivity index is 3.08. The van der Waals surface area contributed by atoms with Gasteiger partial charge in [0, 0.05) is 6.07 Å². The third kappa shape index (κ3) is 4.42. The molecule has 0 fully saturated rings. The van der Waals surface area contributed by atoms with Gasteiger partial charge in [-0.05, 0) is 18.6 Å². The maximum Gasteiger partial charge on any atom is 0.416 e. The molecule has 0 spiro atoms. The number of alkyl halides is 3. The number of nitrogens with one attached hydrogen (secondary N) is 1. The van der Waals surface area contributed by atoms with E-state index in [1.165, 1.54) is 0 Å². The van der Waals surface area contributed by atoms with Crippen LogP contribution in [0, 0.1) is 10.1 Å². The van der Waals surface area contributed by atoms with E-state index in [4.69, 9.17) is 5.73 Å². The lowest BCUT2D eigenvalue weighted by Crippen LogP contribution is -2.35. The second kappa shape index (κ2) is 6.53. The summed E-state index contributed by atoms with van der Waals surface area (Å²) in [7, 11) is 0. The summed E-state index contributed by atoms with van der Waals surface area (Å²) in [6.07, 6.45) is -3.71. The van der Waals surface area contributed by atoms with Gasteiger partial charge in [0.25, 0.3) is 5.69 Å². The van der Waals surface area contributed by atoms with Crippen LogP contribution in [0.5, 0.6) is 0 Å². The smallest absolute Gasteiger partial charge is 0.320 e. The van der Waals surface area contributed by atoms with Crippen molar-refractivity contribution in [2.45, 2.75) is 32.0 Å². The van der Waals surface area contributed by atoms with Gasteiger partial charge in [0.15, 0.2) is 0 Å². The molecule has 0 radical (unpaired) electrons. The fraction of sp³-hybridized carbons (Fsp3) is 0.417. The summed E-state index contributed by atoms with van der Waals surface area (Å²) in [6.45, 7) is 1.80. The third-order valence-corrected chi connectivity index (χ3v) is 2.72. The average Bonchev–Trinajstić information content (AvgIpc) is 2.37. The number of carbonyl (C=O) groups excluding carboxylic acids is 1. The number of anilines is 1. The van der Waals surface area contributed by atoms with Gasteiger partial charge in [0.1, 0.15) is 5.69 Å². The lowest BCUT2D eigenvalue weighted by Gasteiger charge is -2.12. The Labute approximate surface area is 118 Å². The Morgan fingerprint density at radius 3 is 2.57 bits per heavy atom. The van der Waals surface area contributed by atoms with Crippen molar-refractivity contribution < 1.29 is 22.9 Å². The number of benzene rings is 1. The maximum absolute atomic E-state index is 12.5. The average molecular weight is 305 g/mol. The molecule has 0 aliphatic heterocycles. The molecule has 1 rings (SSSR count). The zero-order valence-electron chi connectivity index (χ0n) is 11.1. The highest BCUT2D eigenvalue weighted by molar-refractivity contribution is 5.96. The molecule has 1 aromatic carbocycles. The number of nitrogens with zero attached hydrogens (tertiary/aromatic N) is 1. The van der Waals surface area contributed by atoms with E-state index in [0.717, 1.165) is 6.07 Å². The van der Waals surface area contributed by atoms with Gasteiger partial charge in [-0.3, -0.25) is 14.9 Å². The molecule has 0 aliphatic rings. The van der Waals surface area contributed by atoms with Crippen molar-refractivity contribution in [3.63, 3.8) is 0 Å². The largest absolute Gasteiger partial charge is 0.416 e. The number of hydrogen-bond acceptors (Lipinski definition) is 4. The van der Waals surface area contributed by atoms with Gasteiger partial charge >= 0.3 is 6.18 Å². The summed E-state index contributed by atoms with van der Waals surface area (Å²) in [6, 6.07) is 1.00. The van der Waals surface area contributed by atoms with Gasteiger partial charge in [-0.2, -0.15) is 13.2 Å². The van der Waals surface area contributed by atoms with Crippen LogP contribution in [0.2, 0.25) is 0 Å². The lowest BCUT2D eigenvalue weighted by molar-refractivity contribution is -0.384. The summed E-state index contributed by atoms with van der Waals surface area (Å²) >= 11 is 0. The SMILES string of the molecule is CCC[C@@H](N)C(=O)Nc1ccc(C(F)(F)F)cc1[N+](=O)[O-]. The second-order valence-corrected chi connectivity index (χ2v) is 4.37. The molecule has 9 heteroatoms. The molecule has 0 saturated heterocycles. The van der Waals surface area contributed by atoms with E-state index in [9.17, 15) is 28.1 Å². The van der Waals surface area contributed by atoms with Crippen LogP contribution >= 0.6 is 0 Å². The van der Waals surface area contributed by atoms with E-state index >= 15 is 0 Å². The number of nitrogens with two attached hydrogens (primary N) is 1. The number of halogens is 3. The number of nitro groups is 1. The minimum absolute atomic E-state index is 0.315. The minimum Gasteiger partial charge on any atom is -0.320 e. The van der Waals surface area contributed by atoms with Crippen LogP contribution in [0.3, 0.4) is 0 Å². The molecular weight excluding hydrogens is 291 g/mol. The third-order valence-electron chi connectivity index (χ3n) is 2.72. The second-order valence-electron chi connectivity index (χ2n) is 4.37. The van der Waals surface area contributed by atoms with E-state index in [1.54, 1.807) is 6.92 Å². The minimum atomic E-state index is -4.70. The quantitative estimate of drug-likeness (QED) is 0.645. The van der Waals surface area contributed by atoms with Crippen molar-refractivity contribution in [2.75, 3.05) is 5.32 Å². The monoisotopic (exact) mass is 305 g/mol. The highest BCUT2D eigenvalue weighted by Crippen LogP contribution is 2.34. The van der Waals surface area contributed by atoms with Gasteiger partial charge in [-0.25, -0.2) is 0 Å². The van der Waals surface area contributed by atoms with Crippen molar-refractivity contribution in [2.24, 2.45) is 5.73 Å². The standard InChI is InChI=1S/C12H14F3N3O3/c1-2-3-8(16)11(19)17-9-5-4-7(12(13,14)15)6-10(9)18(20)21/h4-6,8H,2-3,16H2,1H3,(H,17,19)/t8-/m1/s1. The van der Waals surface area contributed by atoms with E-state index in [-0.39, 0.29) is 5.69 Å². The van der Waals surface area contributed by atoms with Crippen LogP contribution in [0.4, 0.5) is 24.5 Å². The summed E-state index contributed by atoms with van der Waals surface area (Å²) in [5.74, 6) is -0.681. The van der Waals surface area contributed by atoms with Gasteiger partial charge in [0.2, 0.25) is 5.91 Å². The summed E-state index contributed by atoms with van der Waals surface area (Å²) in [5, 5.41) is 13.0. The predicted octanol–water partition coefficient (Wildman–Crippen LogP) is 2.68. The van der Waals surface area contributed by atoms with Crippen molar-refractivity contribution in [1.29, 1.82) is 0 Å². The Morgan fingerprint density at radius 1 is 1.48 bits per heavy atom. The molecule has 0 aromatic heterocycles. The molecule has 1 atom stereocenters. The Hall–Kier alpha value is -2.16. The van der Waals surface area contributed by atoms with E-state index in [1.807, 2.05) is 0 Å². The van der Waals surface area contributed by atoms with Crippen molar-refractivity contribution >= 4 is 17.3 Å². The van der Waals surface area contributed by atoms with Crippen molar-refractivity contribution in [3.8, 4) is 0 Å². The van der Waals surface area contributed by atoms with E-state index in [0.29, 0.717) is 25.0 Å². The molecule has 1 amide bonds.